The van der Waals surface area contributed by atoms with Crippen LogP contribution in [0.15, 0.2) is 134 Å². The first kappa shape index (κ1) is 99.0. The number of amides is 3. The summed E-state index contributed by atoms with van der Waals surface area (Å²) in [5, 5.41) is 35.6. The van der Waals surface area contributed by atoms with Crippen LogP contribution in [0.1, 0.15) is 162 Å². The number of carboxylic acid groups (broad SMARTS) is 2. The number of carbonyl (C=O) groups is 6. The Morgan fingerprint density at radius 2 is 0.730 bits per heavy atom. The van der Waals surface area contributed by atoms with Crippen molar-refractivity contribution < 1.29 is 126 Å². The Hall–Kier alpha value is -10.8. The molecule has 3 aliphatic carbocycles. The molecule has 0 spiro atoms. The maximum absolute atomic E-state index is 14.0. The second-order valence-corrected chi connectivity index (χ2v) is 31.7. The SMILES string of the molecule is COCC(COC)N(C(=O)C1CCC(C)CC1)c1ccc(Oc2ccc(CCl)cc2C(F)(F)F)cc1C(=O)OC.COCC(COC)N(C(=O)C1CCC(C)CC1)c1ccc(Oc2ccc(Cn3ccnn3)cc2C(F)(F)F)cc1C(=O)O.COCC(COC)N(C(=O)C1CCC(C)CC1)c1ccc(Oc2ccc(Cn3nccn3)cc2C(F)(F)F)cc1C(=O)O. The molecule has 3 aliphatic rings. The summed E-state index contributed by atoms with van der Waals surface area (Å²) < 4.78 is 181. The molecule has 3 fully saturated rings. The second kappa shape index (κ2) is 46.1. The highest BCUT2D eigenvalue weighted by atomic mass is 35.5. The van der Waals surface area contributed by atoms with Crippen LogP contribution in [0.2, 0.25) is 0 Å². The smallest absolute Gasteiger partial charge is 0.419 e. The highest BCUT2D eigenvalue weighted by Crippen LogP contribution is 2.46. The third kappa shape index (κ3) is 26.7. The van der Waals surface area contributed by atoms with Crippen LogP contribution in [0.5, 0.6) is 34.5 Å². The number of ether oxygens (including phenoxy) is 10. The van der Waals surface area contributed by atoms with Crippen LogP contribution in [0.3, 0.4) is 0 Å². The molecule has 3 saturated carbocycles. The summed E-state index contributed by atoms with van der Waals surface area (Å²) >= 11 is 5.73. The van der Waals surface area contributed by atoms with Crippen molar-refractivity contribution in [3.8, 4) is 34.5 Å². The molecule has 6 aromatic carbocycles. The fourth-order valence-corrected chi connectivity index (χ4v) is 15.8. The molecule has 0 aliphatic heterocycles. The van der Waals surface area contributed by atoms with Crippen molar-refractivity contribution in [3.63, 3.8) is 0 Å². The average Bonchev–Trinajstić information content (AvgIpc) is 0.800. The van der Waals surface area contributed by atoms with Gasteiger partial charge in [-0.1, -0.05) is 44.2 Å². The van der Waals surface area contributed by atoms with Crippen LogP contribution in [-0.2, 0) is 85.0 Å². The first-order valence-electron chi connectivity index (χ1n) is 40.8. The van der Waals surface area contributed by atoms with Crippen molar-refractivity contribution in [3.05, 3.63) is 184 Å². The van der Waals surface area contributed by atoms with Gasteiger partial charge in [-0.3, -0.25) is 14.4 Å². The summed E-state index contributed by atoms with van der Waals surface area (Å²) in [4.78, 5) is 85.2. The number of benzene rings is 6. The number of halogens is 10. The summed E-state index contributed by atoms with van der Waals surface area (Å²) in [5.41, 5.74) is -2.43. The zero-order chi connectivity index (χ0) is 91.7. The van der Waals surface area contributed by atoms with Crippen LogP contribution in [-0.4, -0.2) is 183 Å². The van der Waals surface area contributed by atoms with E-state index in [1.165, 1.54) is 178 Å². The minimum atomic E-state index is -4.76. The number of hydrogen-bond donors (Lipinski definition) is 2. The van der Waals surface area contributed by atoms with Crippen molar-refractivity contribution in [1.29, 1.82) is 0 Å². The number of rotatable bonds is 35. The Kier molecular flexibility index (Phi) is 36.2. The standard InChI is InChI=1S/2C30H35F3N4O6.C29H35ClF3NO6/c1-19-4-7-21(8-5-19)28(38)37(22(17-41-2)18-42-3)26-10-9-23(15-24(26)29(39)40)43-27-11-6-20(14-25(27)30(31,32)33)16-36-13-12-34-35-36;1-19-4-7-21(8-5-19)28(38)37(22(17-41-2)18-42-3)26-10-9-23(15-24(26)29(39)40)43-27-11-6-20(14-25(27)30(31,32)33)16-36-34-12-13-35-36;1-18-5-8-20(9-6-18)27(35)34(21(16-37-2)17-38-3)25-11-10-22(14-23(25)28(36)39-4)40-26-12-7-19(15-30)13-24(26)29(31,32)33/h2*6,9-15,19,21-22H,4-5,7-8,16-18H2,1-3H3,(H,39,40);7,10-14,18,20-21H,5-6,8-9,15-17H2,1-4H3. The molecule has 27 nitrogen and oxygen atoms in total. The Morgan fingerprint density at radius 3 is 1.02 bits per heavy atom. The van der Waals surface area contributed by atoms with E-state index in [9.17, 15) is 78.5 Å². The molecular weight excluding hydrogens is 1690 g/mol. The van der Waals surface area contributed by atoms with Gasteiger partial charge in [0.05, 0.1) is 147 Å². The molecule has 37 heteroatoms. The molecule has 0 unspecified atom stereocenters. The minimum Gasteiger partial charge on any atom is -0.478 e. The zero-order valence-electron chi connectivity index (χ0n) is 71.5. The molecule has 2 aromatic heterocycles. The number of esters is 1. The lowest BCUT2D eigenvalue weighted by Crippen LogP contribution is -2.49. The maximum Gasteiger partial charge on any atom is 0.419 e. The quantitative estimate of drug-likeness (QED) is 0.0212. The molecule has 3 amide bonds. The van der Waals surface area contributed by atoms with E-state index in [-0.39, 0.29) is 151 Å². The molecule has 2 N–H and O–H groups in total. The van der Waals surface area contributed by atoms with Gasteiger partial charge in [0.2, 0.25) is 17.7 Å². The van der Waals surface area contributed by atoms with E-state index in [0.717, 1.165) is 68.9 Å². The molecule has 684 valence electrons. The number of methoxy groups -OCH3 is 7. The van der Waals surface area contributed by atoms with Gasteiger partial charge in [0.15, 0.2) is 0 Å². The van der Waals surface area contributed by atoms with Crippen molar-refractivity contribution in [2.24, 2.45) is 35.5 Å². The van der Waals surface area contributed by atoms with Crippen molar-refractivity contribution in [2.75, 3.05) is 104 Å². The fourth-order valence-electron chi connectivity index (χ4n) is 15.6. The predicted molar refractivity (Wildman–Crippen MR) is 445 cm³/mol. The first-order valence-corrected chi connectivity index (χ1v) is 41.4. The van der Waals surface area contributed by atoms with Gasteiger partial charge in [-0.25, -0.2) is 19.1 Å². The number of carboxylic acids is 2. The minimum absolute atomic E-state index is 0.0160. The van der Waals surface area contributed by atoms with Gasteiger partial charge in [0, 0.05) is 72.5 Å². The molecular formula is C89H105ClF9N9O18. The molecule has 2 heterocycles. The Bertz CT molecular complexity index is 4680. The van der Waals surface area contributed by atoms with Gasteiger partial charge in [-0.2, -0.15) is 54.5 Å². The Balaban J connectivity index is 0.000000214. The van der Waals surface area contributed by atoms with Crippen LogP contribution in [0, 0.1) is 35.5 Å². The number of alkyl halides is 10. The number of aromatic carboxylic acids is 2. The highest BCUT2D eigenvalue weighted by molar-refractivity contribution is 6.17. The normalized spacial score (nSPS) is 17.3. The van der Waals surface area contributed by atoms with Gasteiger partial charge in [0.1, 0.15) is 34.5 Å². The summed E-state index contributed by atoms with van der Waals surface area (Å²) in [5.74, 6) is -5.43. The van der Waals surface area contributed by atoms with Gasteiger partial charge >= 0.3 is 36.4 Å². The number of hydrogen-bond acceptors (Lipinski definition) is 20. The van der Waals surface area contributed by atoms with E-state index >= 15 is 0 Å². The lowest BCUT2D eigenvalue weighted by atomic mass is 9.82. The molecule has 11 rings (SSSR count). The number of nitrogens with zero attached hydrogens (tertiary/aromatic N) is 9. The average molecular weight is 1800 g/mol. The predicted octanol–water partition coefficient (Wildman–Crippen LogP) is 18.2. The Labute approximate surface area is 728 Å². The van der Waals surface area contributed by atoms with Gasteiger partial charge in [0.25, 0.3) is 0 Å². The molecule has 0 atom stereocenters. The van der Waals surface area contributed by atoms with Gasteiger partial charge < -0.3 is 72.3 Å². The summed E-state index contributed by atoms with van der Waals surface area (Å²) in [7, 11) is 10.1. The lowest BCUT2D eigenvalue weighted by Gasteiger charge is -2.36. The van der Waals surface area contributed by atoms with Crippen LogP contribution >= 0.6 is 11.6 Å². The molecule has 0 bridgehead atoms. The van der Waals surface area contributed by atoms with Crippen molar-refractivity contribution in [2.45, 2.75) is 153 Å². The van der Waals surface area contributed by atoms with E-state index in [0.29, 0.717) is 67.4 Å². The van der Waals surface area contributed by atoms with Crippen LogP contribution in [0.4, 0.5) is 56.6 Å². The zero-order valence-corrected chi connectivity index (χ0v) is 72.2. The maximum atomic E-state index is 14.0. The molecule has 0 radical (unpaired) electrons. The Morgan fingerprint density at radius 1 is 0.421 bits per heavy atom. The summed E-state index contributed by atoms with van der Waals surface area (Å²) in [6, 6.07) is 20.7. The number of aromatic nitrogens is 6. The largest absolute Gasteiger partial charge is 0.478 e. The summed E-state index contributed by atoms with van der Waals surface area (Å²) in [6.07, 6.45) is 0.971. The van der Waals surface area contributed by atoms with Crippen LogP contribution < -0.4 is 28.9 Å². The van der Waals surface area contributed by atoms with E-state index in [1.807, 2.05) is 0 Å². The fraction of sp³-hybridized carbons (Fsp3) is 0.483. The highest BCUT2D eigenvalue weighted by Gasteiger charge is 2.43. The third-order valence-electron chi connectivity index (χ3n) is 22.1. The monoisotopic (exact) mass is 1790 g/mol. The molecule has 0 saturated heterocycles. The first-order chi connectivity index (χ1) is 60.1. The lowest BCUT2D eigenvalue weighted by molar-refractivity contribution is -0.139. The van der Waals surface area contributed by atoms with Crippen LogP contribution in [0.25, 0.3) is 0 Å². The topological polar surface area (TPSA) is 306 Å². The van der Waals surface area contributed by atoms with Crippen molar-refractivity contribution >= 4 is 64.3 Å². The van der Waals surface area contributed by atoms with Crippen molar-refractivity contribution in [1.82, 2.24) is 30.0 Å². The van der Waals surface area contributed by atoms with E-state index < -0.39 is 88.5 Å². The molecule has 8 aromatic rings. The number of anilines is 3. The van der Waals surface area contributed by atoms with Gasteiger partial charge in [-0.05, 0) is 202 Å². The van der Waals surface area contributed by atoms with E-state index in [1.54, 1.807) is 0 Å². The number of carbonyl (C=O) groups excluding carboxylic acids is 4. The summed E-state index contributed by atoms with van der Waals surface area (Å²) in [6.45, 7) is 7.07. The molecule has 126 heavy (non-hydrogen) atoms. The second-order valence-electron chi connectivity index (χ2n) is 31.4. The van der Waals surface area contributed by atoms with Gasteiger partial charge in [-0.15, -0.1) is 16.7 Å². The third-order valence-corrected chi connectivity index (χ3v) is 22.4. The van der Waals surface area contributed by atoms with E-state index in [2.05, 4.69) is 41.3 Å². The van der Waals surface area contributed by atoms with E-state index in [4.69, 9.17) is 59.0 Å².